The molecule has 4 heteroatoms. The van der Waals surface area contributed by atoms with E-state index in [0.717, 1.165) is 7.30 Å². The van der Waals surface area contributed by atoms with Crippen LogP contribution in [0.3, 0.4) is 0 Å². The SMILES string of the molecule is IC1=CN=C=CN=C1I. The van der Waals surface area contributed by atoms with Gasteiger partial charge in [0.05, 0.1) is 16.0 Å². The molecule has 0 aromatic heterocycles. The van der Waals surface area contributed by atoms with E-state index in [0.29, 0.717) is 0 Å². The molecule has 1 aliphatic heterocycles. The zero-order valence-corrected chi connectivity index (χ0v) is 8.62. The van der Waals surface area contributed by atoms with Crippen LogP contribution in [0.5, 0.6) is 0 Å². The topological polar surface area (TPSA) is 24.7 Å². The van der Waals surface area contributed by atoms with Crippen LogP contribution < -0.4 is 0 Å². The molecule has 0 N–H and O–H groups in total. The number of hydrogen-bond acceptors (Lipinski definition) is 2. The fourth-order valence-corrected chi connectivity index (χ4v) is 0.885. The van der Waals surface area contributed by atoms with Gasteiger partial charge in [0.15, 0.2) is 0 Å². The summed E-state index contributed by atoms with van der Waals surface area (Å²) in [4.78, 5) is 7.81. The molecule has 0 amide bonds. The first kappa shape index (κ1) is 7.43. The van der Waals surface area contributed by atoms with Crippen molar-refractivity contribution in [3.8, 4) is 0 Å². The molecule has 0 aliphatic carbocycles. The summed E-state index contributed by atoms with van der Waals surface area (Å²) >= 11 is 4.33. The van der Waals surface area contributed by atoms with Gasteiger partial charge in [-0.05, 0) is 45.2 Å². The van der Waals surface area contributed by atoms with Gasteiger partial charge in [0, 0.05) is 5.87 Å². The number of rotatable bonds is 0. The quantitative estimate of drug-likeness (QED) is 0.603. The Bertz CT molecular complexity index is 211. The maximum atomic E-state index is 4.00. The number of nitrogens with zero attached hydrogens (tertiary/aromatic N) is 2. The third kappa shape index (κ3) is 2.19. The van der Waals surface area contributed by atoms with E-state index < -0.39 is 0 Å². The van der Waals surface area contributed by atoms with Crippen LogP contribution in [0, 0.1) is 0 Å². The van der Waals surface area contributed by atoms with E-state index >= 15 is 0 Å². The average Bonchev–Trinajstić information content (AvgIpc) is 1.99. The molecule has 0 saturated heterocycles. The summed E-state index contributed by atoms with van der Waals surface area (Å²) in [6.45, 7) is 0. The summed E-state index contributed by atoms with van der Waals surface area (Å²) < 4.78 is 2.01. The van der Waals surface area contributed by atoms with Gasteiger partial charge in [0.25, 0.3) is 0 Å². The third-order valence-electron chi connectivity index (χ3n) is 0.685. The Morgan fingerprint density at radius 1 is 1.44 bits per heavy atom. The summed E-state index contributed by atoms with van der Waals surface area (Å²) in [5.74, 6) is 2.63. The van der Waals surface area contributed by atoms with Gasteiger partial charge in [0.1, 0.15) is 3.72 Å². The summed E-state index contributed by atoms with van der Waals surface area (Å²) in [7, 11) is 0. The van der Waals surface area contributed by atoms with Gasteiger partial charge in [-0.2, -0.15) is 0 Å². The highest BCUT2D eigenvalue weighted by Gasteiger charge is 1.96. The monoisotopic (exact) mass is 344 g/mol. The van der Waals surface area contributed by atoms with E-state index in [1.165, 1.54) is 0 Å². The van der Waals surface area contributed by atoms with Gasteiger partial charge < -0.3 is 0 Å². The molecular formula is C5H2I2N2. The molecule has 0 bridgehead atoms. The fraction of sp³-hybridized carbons (Fsp3) is 0. The van der Waals surface area contributed by atoms with Crippen molar-refractivity contribution in [1.82, 2.24) is 0 Å². The number of aliphatic imine (C=N–C) groups is 2. The lowest BCUT2D eigenvalue weighted by Crippen LogP contribution is -1.80. The van der Waals surface area contributed by atoms with E-state index in [9.17, 15) is 0 Å². The molecule has 0 spiro atoms. The van der Waals surface area contributed by atoms with Crippen molar-refractivity contribution in [3.63, 3.8) is 0 Å². The molecule has 0 fully saturated rings. The molecule has 2 nitrogen and oxygen atoms in total. The van der Waals surface area contributed by atoms with Crippen molar-refractivity contribution in [2.45, 2.75) is 0 Å². The predicted molar refractivity (Wildman–Crippen MR) is 55.6 cm³/mol. The summed E-state index contributed by atoms with van der Waals surface area (Å²) in [5.41, 5.74) is 0. The molecule has 1 rings (SSSR count). The van der Waals surface area contributed by atoms with E-state index in [1.807, 2.05) is 0 Å². The number of halogens is 2. The molecular weight excluding hydrogens is 342 g/mol. The van der Waals surface area contributed by atoms with Gasteiger partial charge >= 0.3 is 0 Å². The van der Waals surface area contributed by atoms with Crippen LogP contribution in [-0.2, 0) is 0 Å². The van der Waals surface area contributed by atoms with Crippen molar-refractivity contribution < 1.29 is 0 Å². The van der Waals surface area contributed by atoms with Gasteiger partial charge in [-0.15, -0.1) is 0 Å². The van der Waals surface area contributed by atoms with Gasteiger partial charge in [-0.1, -0.05) is 0 Å². The smallest absolute Gasteiger partial charge is 0.117 e. The standard InChI is InChI=1S/C5H2I2N2/c6-4-3-8-1-2-9-5(4)7/h2-3H. The second-order valence-electron chi connectivity index (χ2n) is 1.28. The van der Waals surface area contributed by atoms with Crippen LogP contribution in [0.2, 0.25) is 0 Å². The van der Waals surface area contributed by atoms with Crippen molar-refractivity contribution in [2.24, 2.45) is 9.98 Å². The first-order chi connectivity index (χ1) is 4.30. The van der Waals surface area contributed by atoms with Gasteiger partial charge in [0.2, 0.25) is 0 Å². The molecule has 46 valence electrons. The Labute approximate surface area is 80.1 Å². The lowest BCUT2D eigenvalue weighted by molar-refractivity contribution is 1.62. The summed E-state index contributed by atoms with van der Waals surface area (Å²) in [6, 6.07) is 0. The van der Waals surface area contributed by atoms with Crippen LogP contribution in [0.25, 0.3) is 0 Å². The maximum absolute atomic E-state index is 4.00. The fourth-order valence-electron chi connectivity index (χ4n) is 0.328. The van der Waals surface area contributed by atoms with Crippen LogP contribution >= 0.6 is 45.2 Å². The van der Waals surface area contributed by atoms with Crippen LogP contribution in [0.1, 0.15) is 0 Å². The van der Waals surface area contributed by atoms with Crippen molar-refractivity contribution in [2.75, 3.05) is 0 Å². The Hall–Kier alpha value is 0.320. The minimum Gasteiger partial charge on any atom is -0.239 e. The predicted octanol–water partition coefficient (Wildman–Crippen LogP) is 2.29. The van der Waals surface area contributed by atoms with Crippen molar-refractivity contribution in [3.05, 3.63) is 16.0 Å². The lowest BCUT2D eigenvalue weighted by Gasteiger charge is -1.87. The summed E-state index contributed by atoms with van der Waals surface area (Å²) in [6.07, 6.45) is 3.29. The molecule has 9 heavy (non-hydrogen) atoms. The lowest BCUT2D eigenvalue weighted by atomic mass is 10.7. The molecule has 0 aromatic rings. The maximum Gasteiger partial charge on any atom is 0.117 e. The average molecular weight is 344 g/mol. The van der Waals surface area contributed by atoms with Crippen LogP contribution in [-0.4, -0.2) is 9.59 Å². The molecule has 1 aliphatic rings. The highest BCUT2D eigenvalue weighted by Crippen LogP contribution is 2.14. The highest BCUT2D eigenvalue weighted by atomic mass is 127. The largest absolute Gasteiger partial charge is 0.239 e. The molecule has 0 atom stereocenters. The van der Waals surface area contributed by atoms with Crippen LogP contribution in [0.4, 0.5) is 0 Å². The summed E-state index contributed by atoms with van der Waals surface area (Å²) in [5, 5.41) is 0. The van der Waals surface area contributed by atoms with E-state index in [-0.39, 0.29) is 0 Å². The van der Waals surface area contributed by atoms with Crippen LogP contribution in [0.15, 0.2) is 26.0 Å². The minimum atomic E-state index is 0.960. The van der Waals surface area contributed by atoms with E-state index in [1.54, 1.807) is 12.4 Å². The minimum absolute atomic E-state index is 0.960. The van der Waals surface area contributed by atoms with E-state index in [2.05, 4.69) is 61.0 Å². The first-order valence-electron chi connectivity index (χ1n) is 2.17. The highest BCUT2D eigenvalue weighted by molar-refractivity contribution is 14.1. The zero-order valence-electron chi connectivity index (χ0n) is 4.31. The zero-order chi connectivity index (χ0) is 6.69. The number of allylic oxidation sites excluding steroid dienone is 1. The Morgan fingerprint density at radius 3 is 3.00 bits per heavy atom. The Balaban J connectivity index is 3.01. The third-order valence-corrected chi connectivity index (χ3v) is 3.37. The second kappa shape index (κ2) is 3.48. The molecule has 1 heterocycles. The second-order valence-corrected chi connectivity index (χ2v) is 3.47. The van der Waals surface area contributed by atoms with Crippen molar-refractivity contribution in [1.29, 1.82) is 0 Å². The number of hydrogen-bond donors (Lipinski definition) is 0. The molecule has 0 radical (unpaired) electrons. The Kier molecular flexibility index (Phi) is 2.87. The molecule has 0 unspecified atom stereocenters. The Morgan fingerprint density at radius 2 is 2.22 bits per heavy atom. The van der Waals surface area contributed by atoms with E-state index in [4.69, 9.17) is 0 Å². The molecule has 0 aromatic carbocycles. The normalized spacial score (nSPS) is 16.7. The molecule has 0 saturated carbocycles. The first-order valence-corrected chi connectivity index (χ1v) is 4.33. The van der Waals surface area contributed by atoms with Crippen molar-refractivity contribution >= 4 is 54.8 Å². The van der Waals surface area contributed by atoms with Gasteiger partial charge in [-0.25, -0.2) is 9.98 Å². The van der Waals surface area contributed by atoms with Gasteiger partial charge in [-0.3, -0.25) is 0 Å².